The monoisotopic (exact) mass is 211 g/mol. The molecule has 0 spiro atoms. The van der Waals surface area contributed by atoms with Crippen molar-refractivity contribution in [3.8, 4) is 0 Å². The Hall–Kier alpha value is -0.290. The molecule has 0 bridgehead atoms. The Labute approximate surface area is 81.5 Å². The van der Waals surface area contributed by atoms with Crippen molar-refractivity contribution in [1.82, 2.24) is 5.32 Å². The third-order valence-electron chi connectivity index (χ3n) is 2.71. The molecule has 0 heterocycles. The van der Waals surface area contributed by atoms with Crippen LogP contribution in [0.2, 0.25) is 0 Å². The summed E-state index contributed by atoms with van der Waals surface area (Å²) in [5, 5.41) is 11.4. The minimum Gasteiger partial charge on any atom is -0.396 e. The first kappa shape index (κ1) is 11.8. The zero-order valence-electron chi connectivity index (χ0n) is 7.98. The maximum Gasteiger partial charge on any atom is 0.401 e. The smallest absolute Gasteiger partial charge is 0.396 e. The average Bonchev–Trinajstić information content (AvgIpc) is 2.14. The van der Waals surface area contributed by atoms with E-state index in [1.165, 1.54) is 0 Å². The van der Waals surface area contributed by atoms with Crippen molar-refractivity contribution in [2.24, 2.45) is 5.92 Å². The summed E-state index contributed by atoms with van der Waals surface area (Å²) in [5.41, 5.74) is 0. The van der Waals surface area contributed by atoms with Crippen LogP contribution in [0.5, 0.6) is 0 Å². The zero-order chi connectivity index (χ0) is 10.6. The van der Waals surface area contributed by atoms with Gasteiger partial charge >= 0.3 is 6.18 Å². The Kier molecular flexibility index (Phi) is 4.19. The Morgan fingerprint density at radius 2 is 1.86 bits per heavy atom. The van der Waals surface area contributed by atoms with Crippen molar-refractivity contribution in [3.05, 3.63) is 0 Å². The highest BCUT2D eigenvalue weighted by molar-refractivity contribution is 4.81. The van der Waals surface area contributed by atoms with Gasteiger partial charge in [0.1, 0.15) is 0 Å². The molecule has 5 heteroatoms. The van der Waals surface area contributed by atoms with Crippen LogP contribution in [0, 0.1) is 5.92 Å². The lowest BCUT2D eigenvalue weighted by molar-refractivity contribution is -0.127. The molecule has 14 heavy (non-hydrogen) atoms. The molecule has 0 aromatic heterocycles. The van der Waals surface area contributed by atoms with Crippen LogP contribution in [-0.4, -0.2) is 30.5 Å². The zero-order valence-corrected chi connectivity index (χ0v) is 7.98. The Morgan fingerprint density at radius 1 is 1.21 bits per heavy atom. The maximum atomic E-state index is 11.9. The lowest BCUT2D eigenvalue weighted by atomic mass is 9.85. The van der Waals surface area contributed by atoms with Crippen molar-refractivity contribution >= 4 is 0 Å². The standard InChI is InChI=1S/C9H16F3NO/c10-9(11,12)6-13-8-4-2-1-3-7(8)5-14/h7-8,13-14H,1-6H2/t7-,8+/m0/s1. The van der Waals surface area contributed by atoms with E-state index in [2.05, 4.69) is 5.32 Å². The second-order valence-electron chi connectivity index (χ2n) is 3.83. The average molecular weight is 211 g/mol. The van der Waals surface area contributed by atoms with Crippen LogP contribution in [0.1, 0.15) is 25.7 Å². The number of alkyl halides is 3. The molecule has 2 N–H and O–H groups in total. The fraction of sp³-hybridized carbons (Fsp3) is 1.00. The van der Waals surface area contributed by atoms with Gasteiger partial charge in [0.2, 0.25) is 0 Å². The van der Waals surface area contributed by atoms with E-state index in [1.807, 2.05) is 0 Å². The Morgan fingerprint density at radius 3 is 2.43 bits per heavy atom. The van der Waals surface area contributed by atoms with E-state index in [9.17, 15) is 13.2 Å². The van der Waals surface area contributed by atoms with E-state index in [-0.39, 0.29) is 18.6 Å². The van der Waals surface area contributed by atoms with Gasteiger partial charge in [-0.15, -0.1) is 0 Å². The Bertz CT molecular complexity index is 172. The van der Waals surface area contributed by atoms with Crippen LogP contribution in [0.25, 0.3) is 0 Å². The summed E-state index contributed by atoms with van der Waals surface area (Å²) < 4.78 is 35.7. The predicted octanol–water partition coefficient (Wildman–Crippen LogP) is 1.69. The van der Waals surface area contributed by atoms with Crippen LogP contribution in [0.4, 0.5) is 13.2 Å². The highest BCUT2D eigenvalue weighted by Gasteiger charge is 2.31. The summed E-state index contributed by atoms with van der Waals surface area (Å²) in [6, 6.07) is -0.171. The predicted molar refractivity (Wildman–Crippen MR) is 46.9 cm³/mol. The van der Waals surface area contributed by atoms with Crippen molar-refractivity contribution in [1.29, 1.82) is 0 Å². The van der Waals surface area contributed by atoms with Crippen LogP contribution in [0.3, 0.4) is 0 Å². The first-order valence-electron chi connectivity index (χ1n) is 4.94. The maximum absolute atomic E-state index is 11.9. The SMILES string of the molecule is OC[C@@H]1CCCC[C@H]1NCC(F)(F)F. The van der Waals surface area contributed by atoms with E-state index in [4.69, 9.17) is 5.11 Å². The Balaban J connectivity index is 2.33. The molecule has 1 aliphatic carbocycles. The fourth-order valence-electron chi connectivity index (χ4n) is 1.94. The van der Waals surface area contributed by atoms with Crippen LogP contribution in [-0.2, 0) is 0 Å². The van der Waals surface area contributed by atoms with Crippen molar-refractivity contribution in [2.45, 2.75) is 37.9 Å². The lowest BCUT2D eigenvalue weighted by Gasteiger charge is -2.31. The van der Waals surface area contributed by atoms with Crippen molar-refractivity contribution in [2.75, 3.05) is 13.2 Å². The molecule has 0 saturated heterocycles. The van der Waals surface area contributed by atoms with Crippen LogP contribution in [0.15, 0.2) is 0 Å². The molecule has 1 saturated carbocycles. The topological polar surface area (TPSA) is 32.3 Å². The summed E-state index contributed by atoms with van der Waals surface area (Å²) in [5.74, 6) is -0.00824. The molecule has 0 aromatic carbocycles. The molecule has 0 unspecified atom stereocenters. The van der Waals surface area contributed by atoms with Gasteiger partial charge in [-0.1, -0.05) is 12.8 Å². The molecule has 2 nitrogen and oxygen atoms in total. The molecular formula is C9H16F3NO. The van der Waals surface area contributed by atoms with Gasteiger partial charge in [0.15, 0.2) is 0 Å². The minimum atomic E-state index is -4.16. The lowest BCUT2D eigenvalue weighted by Crippen LogP contribution is -2.44. The number of aliphatic hydroxyl groups is 1. The molecule has 1 rings (SSSR count). The van der Waals surface area contributed by atoms with Gasteiger partial charge in [0, 0.05) is 12.6 Å². The number of aliphatic hydroxyl groups excluding tert-OH is 1. The van der Waals surface area contributed by atoms with E-state index in [1.54, 1.807) is 0 Å². The third-order valence-corrected chi connectivity index (χ3v) is 2.71. The first-order chi connectivity index (χ1) is 6.53. The van der Waals surface area contributed by atoms with E-state index < -0.39 is 12.7 Å². The molecule has 2 atom stereocenters. The van der Waals surface area contributed by atoms with Crippen molar-refractivity contribution in [3.63, 3.8) is 0 Å². The number of hydrogen-bond acceptors (Lipinski definition) is 2. The van der Waals surface area contributed by atoms with E-state index >= 15 is 0 Å². The van der Waals surface area contributed by atoms with Crippen molar-refractivity contribution < 1.29 is 18.3 Å². The van der Waals surface area contributed by atoms with Gasteiger partial charge in [-0.3, -0.25) is 0 Å². The first-order valence-corrected chi connectivity index (χ1v) is 4.94. The minimum absolute atomic E-state index is 0.00824. The molecular weight excluding hydrogens is 195 g/mol. The molecule has 0 aliphatic heterocycles. The third kappa shape index (κ3) is 3.84. The van der Waals surface area contributed by atoms with Gasteiger partial charge in [-0.05, 0) is 18.8 Å². The quantitative estimate of drug-likeness (QED) is 0.744. The second kappa shape index (κ2) is 4.98. The van der Waals surface area contributed by atoms with E-state index in [0.29, 0.717) is 0 Å². The molecule has 84 valence electrons. The normalized spacial score (nSPS) is 29.1. The largest absolute Gasteiger partial charge is 0.401 e. The summed E-state index contributed by atoms with van der Waals surface area (Å²) in [6.07, 6.45) is -0.633. The second-order valence-corrected chi connectivity index (χ2v) is 3.83. The molecule has 0 radical (unpaired) electrons. The highest BCUT2D eigenvalue weighted by atomic mass is 19.4. The highest BCUT2D eigenvalue weighted by Crippen LogP contribution is 2.24. The molecule has 0 aromatic rings. The number of hydrogen-bond donors (Lipinski definition) is 2. The number of halogens is 3. The fourth-order valence-corrected chi connectivity index (χ4v) is 1.94. The van der Waals surface area contributed by atoms with Crippen LogP contribution < -0.4 is 5.32 Å². The molecule has 1 fully saturated rings. The summed E-state index contributed by atoms with van der Waals surface area (Å²) in [6.45, 7) is -0.969. The summed E-state index contributed by atoms with van der Waals surface area (Å²) in [4.78, 5) is 0. The number of rotatable bonds is 3. The van der Waals surface area contributed by atoms with Gasteiger partial charge in [-0.2, -0.15) is 13.2 Å². The van der Waals surface area contributed by atoms with E-state index in [0.717, 1.165) is 25.7 Å². The molecule has 1 aliphatic rings. The van der Waals surface area contributed by atoms with Gasteiger partial charge in [0.05, 0.1) is 6.54 Å². The molecule has 0 amide bonds. The van der Waals surface area contributed by atoms with Gasteiger partial charge in [0.25, 0.3) is 0 Å². The van der Waals surface area contributed by atoms with Gasteiger partial charge < -0.3 is 10.4 Å². The van der Waals surface area contributed by atoms with Gasteiger partial charge in [-0.25, -0.2) is 0 Å². The number of nitrogens with one attached hydrogen (secondary N) is 1. The summed E-state index contributed by atoms with van der Waals surface area (Å²) in [7, 11) is 0. The van der Waals surface area contributed by atoms with Crippen LogP contribution >= 0.6 is 0 Å². The summed E-state index contributed by atoms with van der Waals surface area (Å²) >= 11 is 0.